The highest BCUT2D eigenvalue weighted by molar-refractivity contribution is 5.85. The van der Waals surface area contributed by atoms with E-state index in [9.17, 15) is 14.3 Å². The van der Waals surface area contributed by atoms with E-state index in [1.165, 1.54) is 24.6 Å². The maximum absolute atomic E-state index is 14.8. The van der Waals surface area contributed by atoms with Gasteiger partial charge in [-0.15, -0.1) is 10.2 Å². The Labute approximate surface area is 171 Å². The van der Waals surface area contributed by atoms with E-state index in [0.717, 1.165) is 12.8 Å². The Kier molecular flexibility index (Phi) is 4.43. The molecule has 2 N–H and O–H groups in total. The van der Waals surface area contributed by atoms with Gasteiger partial charge in [-0.3, -0.25) is 4.79 Å². The average Bonchev–Trinajstić information content (AvgIpc) is 3.17. The number of halogens is 1. The second kappa shape index (κ2) is 7.02. The molecule has 1 aromatic carbocycles. The number of rotatable bonds is 3. The number of aromatic nitrogens is 3. The molecular weight excluding hydrogens is 389 g/mol. The zero-order chi connectivity index (χ0) is 21.0. The van der Waals surface area contributed by atoms with Crippen LogP contribution in [0, 0.1) is 6.92 Å². The van der Waals surface area contributed by atoms with Crippen LogP contribution in [0.4, 0.5) is 10.2 Å². The smallest absolute Gasteiger partial charge is 0.195 e. The number of aryl methyl sites for hydroxylation is 1. The highest BCUT2D eigenvalue weighted by Crippen LogP contribution is 2.34. The fourth-order valence-corrected chi connectivity index (χ4v) is 4.51. The van der Waals surface area contributed by atoms with Gasteiger partial charge in [0, 0.05) is 24.7 Å². The summed E-state index contributed by atoms with van der Waals surface area (Å²) in [5.74, 6) is 0.522. The molecule has 2 bridgehead atoms. The summed E-state index contributed by atoms with van der Waals surface area (Å²) in [5.41, 5.74) is 0.886. The second-order valence-corrected chi connectivity index (χ2v) is 8.16. The number of nitrogens with one attached hydrogen (secondary N) is 1. The third-order valence-electron chi connectivity index (χ3n) is 6.27. The number of aromatic hydroxyl groups is 1. The number of benzene rings is 1. The number of fused-ring (bicyclic) bond motifs is 3. The van der Waals surface area contributed by atoms with Gasteiger partial charge >= 0.3 is 0 Å². The summed E-state index contributed by atoms with van der Waals surface area (Å²) >= 11 is 0. The molecule has 8 nitrogen and oxygen atoms in total. The molecule has 2 aliphatic rings. The molecule has 0 aliphatic carbocycles. The van der Waals surface area contributed by atoms with Crippen molar-refractivity contribution in [1.29, 1.82) is 0 Å². The van der Waals surface area contributed by atoms with Gasteiger partial charge in [-0.2, -0.15) is 0 Å². The summed E-state index contributed by atoms with van der Waals surface area (Å²) in [5, 5.41) is 22.4. The van der Waals surface area contributed by atoms with E-state index < -0.39 is 6.17 Å². The van der Waals surface area contributed by atoms with Crippen LogP contribution in [0.3, 0.4) is 0 Å². The van der Waals surface area contributed by atoms with Crippen LogP contribution in [-0.2, 0) is 0 Å². The van der Waals surface area contributed by atoms with Crippen LogP contribution in [0.15, 0.2) is 33.8 Å². The van der Waals surface area contributed by atoms with E-state index in [1.807, 2.05) is 0 Å². The number of phenols is 1. The monoisotopic (exact) mass is 411 g/mol. The van der Waals surface area contributed by atoms with Crippen molar-refractivity contribution in [3.8, 4) is 17.1 Å². The minimum atomic E-state index is -0.980. The van der Waals surface area contributed by atoms with Gasteiger partial charge in [0.1, 0.15) is 17.5 Å². The van der Waals surface area contributed by atoms with Gasteiger partial charge in [-0.05, 0) is 38.3 Å². The van der Waals surface area contributed by atoms with Crippen LogP contribution in [0.5, 0.6) is 5.75 Å². The van der Waals surface area contributed by atoms with Crippen LogP contribution >= 0.6 is 0 Å². The first-order valence-electron chi connectivity index (χ1n) is 10.0. The first-order chi connectivity index (χ1) is 14.4. The van der Waals surface area contributed by atoms with Gasteiger partial charge in [0.05, 0.1) is 29.5 Å². The minimum Gasteiger partial charge on any atom is -0.507 e. The Morgan fingerprint density at radius 2 is 2.13 bits per heavy atom. The quantitative estimate of drug-likeness (QED) is 0.677. The lowest BCUT2D eigenvalue weighted by Gasteiger charge is -2.38. The van der Waals surface area contributed by atoms with Crippen LogP contribution in [0.25, 0.3) is 22.4 Å². The molecule has 9 heteroatoms. The molecule has 3 aromatic rings. The van der Waals surface area contributed by atoms with E-state index in [2.05, 4.69) is 20.5 Å². The fraction of sp³-hybridized carbons (Fsp3) is 0.429. The van der Waals surface area contributed by atoms with Crippen molar-refractivity contribution in [2.75, 3.05) is 11.9 Å². The molecule has 4 atom stereocenters. The third-order valence-corrected chi connectivity index (χ3v) is 6.27. The minimum absolute atomic E-state index is 0.107. The molecule has 2 saturated heterocycles. The summed E-state index contributed by atoms with van der Waals surface area (Å²) in [4.78, 5) is 18.3. The normalized spacial score (nSPS) is 25.6. The van der Waals surface area contributed by atoms with E-state index in [4.69, 9.17) is 4.42 Å². The van der Waals surface area contributed by atoms with E-state index in [0.29, 0.717) is 35.0 Å². The lowest BCUT2D eigenvalue weighted by molar-refractivity contribution is 0.176. The predicted molar refractivity (Wildman–Crippen MR) is 109 cm³/mol. The number of alkyl halides is 1. The number of phenolic OH excluding ortho intramolecular Hbond substituents is 1. The summed E-state index contributed by atoms with van der Waals surface area (Å²) in [6.45, 7) is 1.65. The Morgan fingerprint density at radius 3 is 2.90 bits per heavy atom. The van der Waals surface area contributed by atoms with Crippen molar-refractivity contribution < 1.29 is 13.9 Å². The standard InChI is InChI=1S/C21H22FN5O3/c1-10-9-30-17-7-12(16(28)6-13(17)20(10)29)21-23-8-18(25-26-21)27(2)15-5-11-3-4-14(24-11)19(15)22/h6-9,11,14-15,19,24,28H,3-5H2,1-2H3/t11?,14?,15?,19-/m0/s1. The maximum Gasteiger partial charge on any atom is 0.195 e. The molecule has 3 unspecified atom stereocenters. The Morgan fingerprint density at radius 1 is 1.30 bits per heavy atom. The Balaban J connectivity index is 1.44. The summed E-state index contributed by atoms with van der Waals surface area (Å²) in [6.07, 6.45) is 4.48. The first kappa shape index (κ1) is 18.9. The van der Waals surface area contributed by atoms with E-state index in [-0.39, 0.29) is 34.5 Å². The van der Waals surface area contributed by atoms with Crippen LogP contribution in [-0.4, -0.2) is 51.6 Å². The van der Waals surface area contributed by atoms with E-state index in [1.54, 1.807) is 18.9 Å². The van der Waals surface area contributed by atoms with E-state index >= 15 is 0 Å². The van der Waals surface area contributed by atoms with Crippen molar-refractivity contribution in [2.45, 2.75) is 50.5 Å². The fourth-order valence-electron chi connectivity index (χ4n) is 4.51. The summed E-state index contributed by atoms with van der Waals surface area (Å²) in [6, 6.07) is 2.82. The van der Waals surface area contributed by atoms with Crippen LogP contribution in [0.2, 0.25) is 0 Å². The molecule has 0 amide bonds. The summed E-state index contributed by atoms with van der Waals surface area (Å²) in [7, 11) is 1.80. The Hall–Kier alpha value is -3.07. The van der Waals surface area contributed by atoms with Crippen molar-refractivity contribution in [2.24, 2.45) is 0 Å². The molecule has 30 heavy (non-hydrogen) atoms. The highest BCUT2D eigenvalue weighted by atomic mass is 19.1. The Bertz CT molecular complexity index is 1170. The van der Waals surface area contributed by atoms with Crippen LogP contribution < -0.4 is 15.6 Å². The van der Waals surface area contributed by atoms with Crippen LogP contribution in [0.1, 0.15) is 24.8 Å². The molecule has 5 rings (SSSR count). The first-order valence-corrected chi connectivity index (χ1v) is 10.0. The molecule has 0 radical (unpaired) electrons. The van der Waals surface area contributed by atoms with Gasteiger partial charge in [-0.25, -0.2) is 9.37 Å². The SMILES string of the molecule is Cc1coc2cc(-c3ncc(N(C)C4CC5CCC(N5)[C@@H]4F)nn3)c(O)cc2c1=O. The average molecular weight is 411 g/mol. The van der Waals surface area contributed by atoms with Gasteiger partial charge < -0.3 is 19.7 Å². The maximum atomic E-state index is 14.8. The van der Waals surface area contributed by atoms with Crippen molar-refractivity contribution in [3.05, 3.63) is 40.4 Å². The number of nitrogens with zero attached hydrogens (tertiary/aromatic N) is 4. The molecule has 0 saturated carbocycles. The summed E-state index contributed by atoms with van der Waals surface area (Å²) < 4.78 is 20.3. The molecule has 156 valence electrons. The molecule has 2 aliphatic heterocycles. The van der Waals surface area contributed by atoms with Crippen molar-refractivity contribution in [3.63, 3.8) is 0 Å². The molecule has 2 fully saturated rings. The number of hydrogen-bond donors (Lipinski definition) is 2. The topological polar surface area (TPSA) is 104 Å². The third kappa shape index (κ3) is 3.00. The van der Waals surface area contributed by atoms with Gasteiger partial charge in [-0.1, -0.05) is 0 Å². The molecule has 2 aromatic heterocycles. The zero-order valence-corrected chi connectivity index (χ0v) is 16.7. The van der Waals surface area contributed by atoms with Gasteiger partial charge in [0.15, 0.2) is 17.1 Å². The molecule has 4 heterocycles. The van der Waals surface area contributed by atoms with Crippen molar-refractivity contribution >= 4 is 16.8 Å². The highest BCUT2D eigenvalue weighted by Gasteiger charge is 2.43. The predicted octanol–water partition coefficient (Wildman–Crippen LogP) is 2.33. The van der Waals surface area contributed by atoms with Gasteiger partial charge in [0.25, 0.3) is 0 Å². The van der Waals surface area contributed by atoms with Gasteiger partial charge in [0.2, 0.25) is 0 Å². The number of anilines is 1. The lowest BCUT2D eigenvalue weighted by Crippen LogP contribution is -2.55. The molecular formula is C21H22FN5O3. The zero-order valence-electron chi connectivity index (χ0n) is 16.7. The lowest BCUT2D eigenvalue weighted by atomic mass is 9.96. The number of piperidine rings is 1. The largest absolute Gasteiger partial charge is 0.507 e. The second-order valence-electron chi connectivity index (χ2n) is 8.16. The van der Waals surface area contributed by atoms with Crippen molar-refractivity contribution in [1.82, 2.24) is 20.5 Å². The number of hydrogen-bond acceptors (Lipinski definition) is 8. The molecule has 0 spiro atoms.